The van der Waals surface area contributed by atoms with E-state index in [1.54, 1.807) is 25.7 Å². The highest BCUT2D eigenvalue weighted by Gasteiger charge is 2.69. The van der Waals surface area contributed by atoms with Crippen LogP contribution >= 0.6 is 0 Å². The van der Waals surface area contributed by atoms with E-state index in [0.717, 1.165) is 64.2 Å². The quantitative estimate of drug-likeness (QED) is 0.235. The number of amides is 1. The fraction of sp³-hybridized carbons (Fsp3) is 0.875. The summed E-state index contributed by atoms with van der Waals surface area (Å²) in [4.78, 5) is 70.8. The van der Waals surface area contributed by atoms with E-state index >= 15 is 0 Å². The number of carbonyl (C=O) groups is 5. The zero-order valence-electron chi connectivity index (χ0n) is 31.4. The maximum absolute atomic E-state index is 14.5. The monoisotopic (exact) mass is 717 g/mol. The molecule has 282 valence electrons. The van der Waals surface area contributed by atoms with E-state index in [4.69, 9.17) is 4.74 Å². The Kier molecular flexibility index (Phi) is 12.2. The van der Waals surface area contributed by atoms with Gasteiger partial charge in [0.25, 0.3) is 0 Å². The van der Waals surface area contributed by atoms with Crippen LogP contribution in [-0.2, 0) is 38.5 Å². The van der Waals surface area contributed by atoms with Gasteiger partial charge in [-0.3, -0.25) is 24.0 Å². The maximum Gasteiger partial charge on any atom is 0.229 e. The van der Waals surface area contributed by atoms with E-state index in [1.165, 1.54) is 0 Å². The maximum atomic E-state index is 14.5. The number of nitrogens with zero attached hydrogens (tertiary/aromatic N) is 1. The number of ketones is 4. The lowest BCUT2D eigenvalue weighted by Crippen LogP contribution is -2.49. The van der Waals surface area contributed by atoms with Crippen LogP contribution in [0.1, 0.15) is 144 Å². The summed E-state index contributed by atoms with van der Waals surface area (Å²) < 4.78 is 31.9. The van der Waals surface area contributed by atoms with Crippen molar-refractivity contribution < 1.29 is 37.1 Å². The average molecular weight is 718 g/mol. The summed E-state index contributed by atoms with van der Waals surface area (Å²) in [5, 5.41) is 0. The van der Waals surface area contributed by atoms with Crippen molar-refractivity contribution in [3.63, 3.8) is 0 Å². The van der Waals surface area contributed by atoms with Gasteiger partial charge >= 0.3 is 0 Å². The molecule has 5 fully saturated rings. The van der Waals surface area contributed by atoms with Crippen molar-refractivity contribution in [1.29, 1.82) is 0 Å². The van der Waals surface area contributed by atoms with Crippen molar-refractivity contribution in [1.82, 2.24) is 4.90 Å². The lowest BCUT2D eigenvalue weighted by atomic mass is 9.71. The Morgan fingerprint density at radius 3 is 2.18 bits per heavy atom. The zero-order chi connectivity index (χ0) is 36.5. The zero-order valence-corrected chi connectivity index (χ0v) is 32.3. The summed E-state index contributed by atoms with van der Waals surface area (Å²) in [6, 6.07) is -0.691. The van der Waals surface area contributed by atoms with E-state index in [1.807, 2.05) is 0 Å². The van der Waals surface area contributed by atoms with Gasteiger partial charge in [-0.2, -0.15) is 0 Å². The van der Waals surface area contributed by atoms with E-state index in [-0.39, 0.29) is 78.6 Å². The van der Waals surface area contributed by atoms with Gasteiger partial charge in [0.1, 0.15) is 5.78 Å². The van der Waals surface area contributed by atoms with Crippen LogP contribution in [0.15, 0.2) is 0 Å². The molecular weight excluding hydrogens is 655 g/mol. The molecule has 10 heteroatoms. The van der Waals surface area contributed by atoms with Gasteiger partial charge < -0.3 is 9.64 Å². The molecule has 0 spiro atoms. The first-order valence-electron chi connectivity index (χ1n) is 19.7. The van der Waals surface area contributed by atoms with Crippen LogP contribution in [0.25, 0.3) is 0 Å². The van der Waals surface area contributed by atoms with Gasteiger partial charge in [0.15, 0.2) is 21.4 Å². The highest BCUT2D eigenvalue weighted by atomic mass is 32.2. The van der Waals surface area contributed by atoms with Crippen molar-refractivity contribution in [3.8, 4) is 0 Å². The molecule has 0 N–H and O–H groups in total. The Bertz CT molecular complexity index is 1400. The lowest BCUT2D eigenvalue weighted by molar-refractivity contribution is -0.147. The molecule has 0 unspecified atom stereocenters. The van der Waals surface area contributed by atoms with Crippen LogP contribution < -0.4 is 0 Å². The molecule has 5 atom stereocenters. The first-order chi connectivity index (χ1) is 23.5. The first-order valence-corrected chi connectivity index (χ1v) is 21.3. The lowest BCUT2D eigenvalue weighted by Gasteiger charge is -2.39. The summed E-state index contributed by atoms with van der Waals surface area (Å²) in [7, 11) is -3.47. The van der Waals surface area contributed by atoms with Crippen LogP contribution in [0.5, 0.6) is 0 Å². The Balaban J connectivity index is 1.36. The molecule has 0 aromatic carbocycles. The number of hydrogen-bond acceptors (Lipinski definition) is 8. The largest absolute Gasteiger partial charge is 0.381 e. The first kappa shape index (κ1) is 39.3. The summed E-state index contributed by atoms with van der Waals surface area (Å²) in [5.41, 5.74) is -0.757. The molecule has 1 amide bonds. The molecule has 5 rings (SSSR count). The van der Waals surface area contributed by atoms with Gasteiger partial charge in [-0.05, 0) is 87.9 Å². The fourth-order valence-corrected chi connectivity index (χ4v) is 11.0. The molecule has 5 aliphatic rings. The van der Waals surface area contributed by atoms with Crippen molar-refractivity contribution in [2.45, 2.75) is 155 Å². The third-order valence-corrected chi connectivity index (χ3v) is 15.8. The molecule has 9 nitrogen and oxygen atoms in total. The molecule has 3 aliphatic carbocycles. The highest BCUT2D eigenvalue weighted by Crippen LogP contribution is 2.65. The number of sulfone groups is 1. The number of rotatable bonds is 10. The minimum atomic E-state index is -3.47. The predicted molar refractivity (Wildman–Crippen MR) is 192 cm³/mol. The smallest absolute Gasteiger partial charge is 0.229 e. The Hall–Kier alpha value is -1.94. The Morgan fingerprint density at radius 1 is 0.880 bits per heavy atom. The second kappa shape index (κ2) is 15.6. The molecule has 2 heterocycles. The summed E-state index contributed by atoms with van der Waals surface area (Å²) >= 11 is 0. The van der Waals surface area contributed by atoms with Crippen LogP contribution in [0.4, 0.5) is 0 Å². The van der Waals surface area contributed by atoms with E-state index < -0.39 is 43.7 Å². The molecular formula is C40H63NO8S. The number of piperidine rings is 1. The number of ether oxygens (including phenoxy) is 1. The fourth-order valence-electron chi connectivity index (χ4n) is 9.35. The number of carbonyl (C=O) groups excluding carboxylic acids is 5. The molecule has 3 saturated carbocycles. The van der Waals surface area contributed by atoms with Gasteiger partial charge in [-0.1, -0.05) is 58.8 Å². The third-order valence-electron chi connectivity index (χ3n) is 13.0. The summed E-state index contributed by atoms with van der Waals surface area (Å²) in [6.45, 7) is 10.3. The van der Waals surface area contributed by atoms with Crippen molar-refractivity contribution in [2.75, 3.05) is 25.5 Å². The number of fused-ring (bicyclic) bond motifs is 3. The molecule has 2 aliphatic heterocycles. The predicted octanol–water partition coefficient (Wildman–Crippen LogP) is 6.48. The molecule has 2 saturated heterocycles. The normalized spacial score (nSPS) is 31.1. The SMILES string of the molecule is CC1(C)[C@@H]2[C@H]3C(=O)C[C@H](C(=O)C(=O)CC4CC4)CCCCCCCOC[C@H](CC(=O)CC4(CS(=O)(=O)C(C)(C)C)CCCCC4)C(=O)N3C[C@@H]21. The van der Waals surface area contributed by atoms with Gasteiger partial charge in [-0.15, -0.1) is 0 Å². The van der Waals surface area contributed by atoms with E-state index in [9.17, 15) is 32.4 Å². The summed E-state index contributed by atoms with van der Waals surface area (Å²) in [5.74, 6) is -2.36. The number of hydrogen-bond donors (Lipinski definition) is 0. The second-order valence-corrected chi connectivity index (χ2v) is 21.1. The minimum Gasteiger partial charge on any atom is -0.381 e. The van der Waals surface area contributed by atoms with Crippen LogP contribution in [-0.4, -0.2) is 78.7 Å². The second-order valence-electron chi connectivity index (χ2n) is 18.4. The van der Waals surface area contributed by atoms with Gasteiger partial charge in [0, 0.05) is 44.8 Å². The van der Waals surface area contributed by atoms with Crippen LogP contribution in [0.3, 0.4) is 0 Å². The van der Waals surface area contributed by atoms with Gasteiger partial charge in [0.05, 0.1) is 29.1 Å². The Labute approximate surface area is 300 Å². The van der Waals surface area contributed by atoms with Gasteiger partial charge in [-0.25, -0.2) is 8.42 Å². The van der Waals surface area contributed by atoms with E-state index in [2.05, 4.69) is 13.8 Å². The van der Waals surface area contributed by atoms with Crippen molar-refractivity contribution >= 4 is 38.9 Å². The third kappa shape index (κ3) is 9.16. The van der Waals surface area contributed by atoms with Crippen LogP contribution in [0, 0.1) is 40.4 Å². The van der Waals surface area contributed by atoms with Gasteiger partial charge in [0.2, 0.25) is 11.7 Å². The highest BCUT2D eigenvalue weighted by molar-refractivity contribution is 7.92. The van der Waals surface area contributed by atoms with Crippen LogP contribution in [0.2, 0.25) is 0 Å². The minimum absolute atomic E-state index is 0.0267. The topological polar surface area (TPSA) is 132 Å². The number of Topliss-reactive ketones (excluding diaryl/α,β-unsaturated/α-hetero) is 4. The van der Waals surface area contributed by atoms with E-state index in [0.29, 0.717) is 38.3 Å². The average Bonchev–Trinajstić information content (AvgIpc) is 3.88. The molecule has 0 radical (unpaired) electrons. The van der Waals surface area contributed by atoms with Crippen molar-refractivity contribution in [2.24, 2.45) is 40.4 Å². The molecule has 0 bridgehead atoms. The summed E-state index contributed by atoms with van der Waals surface area (Å²) in [6.07, 6.45) is 11.2. The molecule has 0 aromatic rings. The molecule has 50 heavy (non-hydrogen) atoms. The van der Waals surface area contributed by atoms with Crippen molar-refractivity contribution in [3.05, 3.63) is 0 Å². The Morgan fingerprint density at radius 2 is 1.52 bits per heavy atom. The standard InChI is InChI=1S/C40H63NO8S/c1-38(2,3)50(47,48)26-40(17-11-9-12-18-40)23-30(42)21-29-25-49-19-13-8-6-7-10-14-28(36(45)33(44)20-27-15-16-27)22-32(43)35-34-31(39(34,4)5)24-41(35)37(29)46/h27-29,31,34-35H,6-26H2,1-5H3/t28-,29+,31+,34+,35-/m1/s1. The molecule has 0 aromatic heterocycles.